The Morgan fingerprint density at radius 2 is 2.00 bits per heavy atom. The number of nitrogens with zero attached hydrogens (tertiary/aromatic N) is 1. The molecule has 14 heavy (non-hydrogen) atoms. The van der Waals surface area contributed by atoms with Crippen LogP contribution in [0.1, 0.15) is 12.8 Å². The van der Waals surface area contributed by atoms with Crippen LogP contribution in [0, 0.1) is 0 Å². The minimum atomic E-state index is -0.348. The maximum atomic E-state index is 11.5. The van der Waals surface area contributed by atoms with Gasteiger partial charge in [-0.05, 0) is 25.0 Å². The second-order valence-corrected chi connectivity index (χ2v) is 3.60. The molecular weight excluding hydrogens is 246 g/mol. The Kier molecular flexibility index (Phi) is 2.72. The van der Waals surface area contributed by atoms with Gasteiger partial charge >= 0.3 is 6.09 Å². The van der Waals surface area contributed by atoms with Crippen molar-refractivity contribution < 1.29 is 8.62 Å². The van der Waals surface area contributed by atoms with Gasteiger partial charge in [-0.1, -0.05) is 18.2 Å². The zero-order chi connectivity index (χ0) is 9.97. The van der Waals surface area contributed by atoms with Crippen LogP contribution in [0.5, 0.6) is 0 Å². The highest BCUT2D eigenvalue weighted by molar-refractivity contribution is 9.06. The summed E-state index contributed by atoms with van der Waals surface area (Å²) in [5.74, 6) is 0. The molecule has 0 N–H and O–H groups in total. The van der Waals surface area contributed by atoms with Crippen LogP contribution in [0.15, 0.2) is 30.3 Å². The molecule has 1 saturated carbocycles. The lowest BCUT2D eigenvalue weighted by atomic mass is 10.3. The highest BCUT2D eigenvalue weighted by atomic mass is 79.9. The highest BCUT2D eigenvalue weighted by Crippen LogP contribution is 2.32. The van der Waals surface area contributed by atoms with Crippen molar-refractivity contribution in [3.05, 3.63) is 30.3 Å². The second-order valence-electron chi connectivity index (χ2n) is 3.28. The molecule has 0 saturated heterocycles. The molecule has 1 aromatic carbocycles. The Morgan fingerprint density at radius 1 is 1.36 bits per heavy atom. The first-order chi connectivity index (χ1) is 6.83. The number of rotatable bonds is 2. The number of para-hydroxylation sites is 1. The van der Waals surface area contributed by atoms with Crippen LogP contribution in [0.25, 0.3) is 0 Å². The molecule has 0 radical (unpaired) electrons. The Morgan fingerprint density at radius 3 is 2.50 bits per heavy atom. The van der Waals surface area contributed by atoms with Crippen molar-refractivity contribution in [2.24, 2.45) is 0 Å². The molecule has 1 aliphatic rings. The van der Waals surface area contributed by atoms with Gasteiger partial charge in [-0.15, -0.1) is 0 Å². The van der Waals surface area contributed by atoms with Gasteiger partial charge in [0.15, 0.2) is 16.3 Å². The molecule has 0 bridgehead atoms. The third kappa shape index (κ3) is 1.90. The van der Waals surface area contributed by atoms with E-state index < -0.39 is 0 Å². The number of benzene rings is 1. The van der Waals surface area contributed by atoms with E-state index in [9.17, 15) is 4.79 Å². The number of carbonyl (C=O) groups is 1. The molecular formula is C10H10BrNO2. The maximum Gasteiger partial charge on any atom is 0.426 e. The Hall–Kier alpha value is -1.03. The average Bonchev–Trinajstić information content (AvgIpc) is 3.04. The second kappa shape index (κ2) is 4.00. The fraction of sp³-hybridized carbons (Fsp3) is 0.300. The van der Waals surface area contributed by atoms with Crippen LogP contribution < -0.4 is 4.90 Å². The lowest BCUT2D eigenvalue weighted by molar-refractivity contribution is 0.217. The summed E-state index contributed by atoms with van der Waals surface area (Å²) in [6.07, 6.45) is 1.76. The van der Waals surface area contributed by atoms with Crippen molar-refractivity contribution in [2.45, 2.75) is 18.9 Å². The molecule has 0 heterocycles. The van der Waals surface area contributed by atoms with E-state index in [4.69, 9.17) is 0 Å². The molecule has 0 spiro atoms. The molecule has 74 valence electrons. The van der Waals surface area contributed by atoms with E-state index in [-0.39, 0.29) is 6.09 Å². The number of halogens is 1. The van der Waals surface area contributed by atoms with Gasteiger partial charge in [-0.2, -0.15) is 0 Å². The van der Waals surface area contributed by atoms with Crippen LogP contribution in [0.4, 0.5) is 10.5 Å². The predicted octanol–water partition coefficient (Wildman–Crippen LogP) is 3.10. The predicted molar refractivity (Wildman–Crippen MR) is 57.4 cm³/mol. The van der Waals surface area contributed by atoms with Crippen LogP contribution in [0.3, 0.4) is 0 Å². The van der Waals surface area contributed by atoms with Crippen molar-refractivity contribution in [3.8, 4) is 0 Å². The standard InChI is InChI=1S/C10H10BrNO2/c11-14-10(13)12(9-6-7-9)8-4-2-1-3-5-8/h1-5,9H,6-7H2. The molecule has 0 atom stereocenters. The highest BCUT2D eigenvalue weighted by Gasteiger charge is 2.34. The van der Waals surface area contributed by atoms with Crippen molar-refractivity contribution >= 4 is 28.0 Å². The Balaban J connectivity index is 2.22. The van der Waals surface area contributed by atoms with Crippen molar-refractivity contribution in [3.63, 3.8) is 0 Å². The van der Waals surface area contributed by atoms with Crippen LogP contribution >= 0.6 is 16.3 Å². The summed E-state index contributed by atoms with van der Waals surface area (Å²) in [5.41, 5.74) is 0.888. The smallest absolute Gasteiger partial charge is 0.367 e. The normalized spacial score (nSPS) is 14.9. The number of carbonyl (C=O) groups excluding carboxylic acids is 1. The molecule has 0 aromatic heterocycles. The fourth-order valence-corrected chi connectivity index (χ4v) is 1.58. The van der Waals surface area contributed by atoms with Crippen LogP contribution in [0.2, 0.25) is 0 Å². The van der Waals surface area contributed by atoms with E-state index in [0.29, 0.717) is 6.04 Å². The molecule has 0 unspecified atom stereocenters. The van der Waals surface area contributed by atoms with Crippen molar-refractivity contribution in [2.75, 3.05) is 4.90 Å². The summed E-state index contributed by atoms with van der Waals surface area (Å²) in [4.78, 5) is 13.1. The summed E-state index contributed by atoms with van der Waals surface area (Å²) in [6, 6.07) is 9.86. The third-order valence-corrected chi connectivity index (χ3v) is 2.49. The van der Waals surface area contributed by atoms with Gasteiger partial charge < -0.3 is 3.83 Å². The number of hydrogen-bond donors (Lipinski definition) is 0. The van der Waals surface area contributed by atoms with Gasteiger partial charge in [0.2, 0.25) is 0 Å². The van der Waals surface area contributed by atoms with Crippen LogP contribution in [-0.2, 0) is 3.83 Å². The number of hydrogen-bond acceptors (Lipinski definition) is 2. The van der Waals surface area contributed by atoms with Gasteiger partial charge in [0.25, 0.3) is 0 Å². The van der Waals surface area contributed by atoms with Gasteiger partial charge in [-0.3, -0.25) is 4.90 Å². The zero-order valence-electron chi connectivity index (χ0n) is 7.52. The molecule has 1 amide bonds. The molecule has 2 rings (SSSR count). The lowest BCUT2D eigenvalue weighted by Crippen LogP contribution is -2.31. The monoisotopic (exact) mass is 255 g/mol. The van der Waals surface area contributed by atoms with E-state index in [0.717, 1.165) is 18.5 Å². The van der Waals surface area contributed by atoms with Gasteiger partial charge in [0.1, 0.15) is 0 Å². The van der Waals surface area contributed by atoms with Gasteiger partial charge in [0, 0.05) is 11.7 Å². The average molecular weight is 256 g/mol. The maximum absolute atomic E-state index is 11.5. The molecule has 4 heteroatoms. The molecule has 1 aliphatic carbocycles. The summed E-state index contributed by atoms with van der Waals surface area (Å²) in [5, 5.41) is 0. The molecule has 0 aliphatic heterocycles. The SMILES string of the molecule is O=C(OBr)N(c1ccccc1)C1CC1. The quantitative estimate of drug-likeness (QED) is 0.813. The molecule has 1 aromatic rings. The lowest BCUT2D eigenvalue weighted by Gasteiger charge is -2.19. The summed E-state index contributed by atoms with van der Waals surface area (Å²) in [7, 11) is 0. The zero-order valence-corrected chi connectivity index (χ0v) is 9.11. The van der Waals surface area contributed by atoms with E-state index in [2.05, 4.69) is 20.1 Å². The topological polar surface area (TPSA) is 29.5 Å². The number of amides is 1. The Labute approximate surface area is 91.1 Å². The first-order valence-corrected chi connectivity index (χ1v) is 5.14. The van der Waals surface area contributed by atoms with E-state index in [1.807, 2.05) is 30.3 Å². The first kappa shape index (κ1) is 9.52. The molecule has 1 fully saturated rings. The van der Waals surface area contributed by atoms with E-state index >= 15 is 0 Å². The van der Waals surface area contributed by atoms with E-state index in [1.54, 1.807) is 4.90 Å². The summed E-state index contributed by atoms with van der Waals surface area (Å²) < 4.78 is 4.57. The van der Waals surface area contributed by atoms with Gasteiger partial charge in [-0.25, -0.2) is 4.79 Å². The Bertz CT molecular complexity index is 324. The molecule has 3 nitrogen and oxygen atoms in total. The fourth-order valence-electron chi connectivity index (χ4n) is 1.42. The van der Waals surface area contributed by atoms with E-state index in [1.165, 1.54) is 0 Å². The minimum absolute atomic E-state index is 0.308. The third-order valence-electron chi connectivity index (χ3n) is 2.21. The first-order valence-electron chi connectivity index (χ1n) is 4.50. The van der Waals surface area contributed by atoms with Crippen LogP contribution in [-0.4, -0.2) is 12.1 Å². The summed E-state index contributed by atoms with van der Waals surface area (Å²) >= 11 is 2.72. The minimum Gasteiger partial charge on any atom is -0.367 e. The summed E-state index contributed by atoms with van der Waals surface area (Å²) in [6.45, 7) is 0. The van der Waals surface area contributed by atoms with Crippen molar-refractivity contribution in [1.29, 1.82) is 0 Å². The number of anilines is 1. The largest absolute Gasteiger partial charge is 0.426 e. The van der Waals surface area contributed by atoms with Crippen molar-refractivity contribution in [1.82, 2.24) is 0 Å². The van der Waals surface area contributed by atoms with Gasteiger partial charge in [0.05, 0.1) is 0 Å².